The molecule has 0 saturated heterocycles. The maximum atomic E-state index is 9.59. The second-order valence-corrected chi connectivity index (χ2v) is 7.07. The molecule has 0 fully saturated rings. The molecule has 3 aromatic rings. The molecule has 0 radical (unpaired) electrons. The van der Waals surface area contributed by atoms with Gasteiger partial charge in [-0.05, 0) is 51.8 Å². The lowest BCUT2D eigenvalue weighted by atomic mass is 10.1. The summed E-state index contributed by atoms with van der Waals surface area (Å²) >= 11 is 4.95. The molecule has 2 aromatic carbocycles. The number of allylic oxidation sites excluding steroid dienone is 1. The Labute approximate surface area is 163 Å². The van der Waals surface area contributed by atoms with E-state index in [-0.39, 0.29) is 6.61 Å². The van der Waals surface area contributed by atoms with Gasteiger partial charge in [-0.2, -0.15) is 5.26 Å². The van der Waals surface area contributed by atoms with Crippen LogP contribution in [0.5, 0.6) is 11.5 Å². The topological polar surface area (TPSA) is 55.1 Å². The third-order valence-electron chi connectivity index (χ3n) is 3.51. The van der Waals surface area contributed by atoms with Gasteiger partial charge in [-0.1, -0.05) is 18.1 Å². The fourth-order valence-corrected chi connectivity index (χ4v) is 3.88. The van der Waals surface area contributed by atoms with Crippen molar-refractivity contribution in [3.63, 3.8) is 0 Å². The van der Waals surface area contributed by atoms with Crippen molar-refractivity contribution in [2.45, 2.75) is 0 Å². The van der Waals surface area contributed by atoms with Crippen LogP contribution in [0.3, 0.4) is 0 Å². The molecule has 0 aliphatic rings. The molecule has 0 aliphatic carbocycles. The number of thiazole rings is 1. The molecule has 26 heavy (non-hydrogen) atoms. The van der Waals surface area contributed by atoms with Crippen LogP contribution < -0.4 is 9.47 Å². The van der Waals surface area contributed by atoms with Crippen molar-refractivity contribution in [3.8, 4) is 29.9 Å². The molecule has 0 N–H and O–H groups in total. The minimum Gasteiger partial charge on any atom is -0.493 e. The zero-order valence-electron chi connectivity index (χ0n) is 13.8. The molecule has 1 aromatic heterocycles. The van der Waals surface area contributed by atoms with Crippen molar-refractivity contribution >= 4 is 49.1 Å². The Morgan fingerprint density at radius 3 is 2.88 bits per heavy atom. The number of benzene rings is 2. The summed E-state index contributed by atoms with van der Waals surface area (Å²) in [4.78, 5) is 4.54. The minimum atomic E-state index is 0.138. The summed E-state index contributed by atoms with van der Waals surface area (Å²) < 4.78 is 12.6. The normalized spacial score (nSPS) is 11.0. The van der Waals surface area contributed by atoms with E-state index < -0.39 is 0 Å². The average molecular weight is 425 g/mol. The quantitative estimate of drug-likeness (QED) is 0.420. The van der Waals surface area contributed by atoms with Crippen molar-refractivity contribution in [1.29, 1.82) is 5.26 Å². The summed E-state index contributed by atoms with van der Waals surface area (Å²) in [6.45, 7) is 0.138. The fourth-order valence-electron chi connectivity index (χ4n) is 2.37. The van der Waals surface area contributed by atoms with Gasteiger partial charge in [-0.25, -0.2) is 4.98 Å². The second kappa shape index (κ2) is 8.05. The van der Waals surface area contributed by atoms with Crippen LogP contribution in [0.4, 0.5) is 0 Å². The lowest BCUT2D eigenvalue weighted by Crippen LogP contribution is -1.98. The van der Waals surface area contributed by atoms with Crippen LogP contribution in [-0.4, -0.2) is 18.7 Å². The first-order chi connectivity index (χ1) is 12.7. The van der Waals surface area contributed by atoms with E-state index in [9.17, 15) is 5.26 Å². The number of fused-ring (bicyclic) bond motifs is 1. The minimum absolute atomic E-state index is 0.138. The van der Waals surface area contributed by atoms with Crippen molar-refractivity contribution in [2.24, 2.45) is 0 Å². The molecule has 3 rings (SSSR count). The monoisotopic (exact) mass is 424 g/mol. The largest absolute Gasteiger partial charge is 0.493 e. The third kappa shape index (κ3) is 3.72. The number of terminal acetylenes is 1. The third-order valence-corrected chi connectivity index (χ3v) is 5.17. The molecule has 4 nitrogen and oxygen atoms in total. The number of nitrogens with zero attached hydrogens (tertiary/aromatic N) is 2. The molecular weight excluding hydrogens is 412 g/mol. The highest BCUT2D eigenvalue weighted by atomic mass is 79.9. The molecule has 0 aliphatic heterocycles. The predicted octanol–water partition coefficient (Wildman–Crippen LogP) is 5.14. The number of nitriles is 1. The van der Waals surface area contributed by atoms with Crippen LogP contribution in [0.15, 0.2) is 40.9 Å². The SMILES string of the molecule is C#CCOc1c(Br)cc(/C=C(/C#N)c2nc3ccccc3s2)cc1OC. The first-order valence-corrected chi connectivity index (χ1v) is 9.18. The number of halogens is 1. The van der Waals surface area contributed by atoms with Crippen LogP contribution in [0.2, 0.25) is 0 Å². The first-order valence-electron chi connectivity index (χ1n) is 7.57. The average Bonchev–Trinajstić information content (AvgIpc) is 3.08. The second-order valence-electron chi connectivity index (χ2n) is 5.18. The molecule has 6 heteroatoms. The molecule has 0 spiro atoms. The first kappa shape index (κ1) is 18.0. The van der Waals surface area contributed by atoms with Gasteiger partial charge >= 0.3 is 0 Å². The van der Waals surface area contributed by atoms with Gasteiger partial charge in [0.05, 0.1) is 27.4 Å². The highest BCUT2D eigenvalue weighted by molar-refractivity contribution is 9.10. The Hall–Kier alpha value is -2.80. The van der Waals surface area contributed by atoms with Gasteiger partial charge in [0.25, 0.3) is 0 Å². The van der Waals surface area contributed by atoms with Gasteiger partial charge in [0.1, 0.15) is 17.7 Å². The Balaban J connectivity index is 2.03. The number of rotatable bonds is 5. The lowest BCUT2D eigenvalue weighted by molar-refractivity contribution is 0.329. The van der Waals surface area contributed by atoms with Gasteiger partial charge < -0.3 is 9.47 Å². The standard InChI is InChI=1S/C20H13BrN2O2S/c1-3-8-25-19-15(21)10-13(11-17(19)24-2)9-14(12-22)20-23-16-6-4-5-7-18(16)26-20/h1,4-7,9-11H,8H2,2H3/b14-9-. The highest BCUT2D eigenvalue weighted by Gasteiger charge is 2.13. The summed E-state index contributed by atoms with van der Waals surface area (Å²) in [5, 5.41) is 10.3. The van der Waals surface area contributed by atoms with Crippen LogP contribution in [0.1, 0.15) is 10.6 Å². The summed E-state index contributed by atoms with van der Waals surface area (Å²) in [7, 11) is 1.55. The number of ether oxygens (including phenoxy) is 2. The summed E-state index contributed by atoms with van der Waals surface area (Å²) in [6.07, 6.45) is 7.02. The molecule has 128 valence electrons. The van der Waals surface area contributed by atoms with Gasteiger partial charge in [-0.15, -0.1) is 17.8 Å². The molecule has 1 heterocycles. The smallest absolute Gasteiger partial charge is 0.176 e. The van der Waals surface area contributed by atoms with E-state index in [2.05, 4.69) is 32.9 Å². The number of hydrogen-bond acceptors (Lipinski definition) is 5. The van der Waals surface area contributed by atoms with Gasteiger partial charge in [0, 0.05) is 0 Å². The Morgan fingerprint density at radius 2 is 2.19 bits per heavy atom. The summed E-state index contributed by atoms with van der Waals surface area (Å²) in [5.41, 5.74) is 2.15. The molecule has 0 atom stereocenters. The van der Waals surface area contributed by atoms with E-state index >= 15 is 0 Å². The zero-order valence-corrected chi connectivity index (χ0v) is 16.2. The predicted molar refractivity (Wildman–Crippen MR) is 108 cm³/mol. The van der Waals surface area contributed by atoms with E-state index in [1.54, 1.807) is 19.3 Å². The van der Waals surface area contributed by atoms with Crippen molar-refractivity contribution in [3.05, 3.63) is 51.4 Å². The Morgan fingerprint density at radius 1 is 1.38 bits per heavy atom. The van der Waals surface area contributed by atoms with Crippen LogP contribution in [0.25, 0.3) is 21.9 Å². The number of aromatic nitrogens is 1. The summed E-state index contributed by atoms with van der Waals surface area (Å²) in [6, 6.07) is 13.7. The molecule has 0 amide bonds. The van der Waals surface area contributed by atoms with Crippen LogP contribution in [-0.2, 0) is 0 Å². The van der Waals surface area contributed by atoms with Crippen LogP contribution in [0, 0.1) is 23.7 Å². The maximum absolute atomic E-state index is 9.59. The Bertz CT molecular complexity index is 1040. The van der Waals surface area contributed by atoms with E-state index in [1.807, 2.05) is 30.3 Å². The maximum Gasteiger partial charge on any atom is 0.176 e. The summed E-state index contributed by atoms with van der Waals surface area (Å²) in [5.74, 6) is 3.48. The highest BCUT2D eigenvalue weighted by Crippen LogP contribution is 2.38. The number of methoxy groups -OCH3 is 1. The lowest BCUT2D eigenvalue weighted by Gasteiger charge is -2.12. The number of hydrogen-bond donors (Lipinski definition) is 0. The van der Waals surface area contributed by atoms with Crippen molar-refractivity contribution in [1.82, 2.24) is 4.98 Å². The van der Waals surface area contributed by atoms with E-state index in [4.69, 9.17) is 15.9 Å². The Kier molecular flexibility index (Phi) is 5.58. The molecule has 0 bridgehead atoms. The zero-order chi connectivity index (χ0) is 18.5. The molecule has 0 unspecified atom stereocenters. The van der Waals surface area contributed by atoms with E-state index in [1.165, 1.54) is 11.3 Å². The van der Waals surface area contributed by atoms with E-state index in [0.29, 0.717) is 26.6 Å². The number of para-hydroxylation sites is 1. The molecule has 0 saturated carbocycles. The van der Waals surface area contributed by atoms with Gasteiger partial charge in [0.15, 0.2) is 11.5 Å². The van der Waals surface area contributed by atoms with Crippen molar-refractivity contribution in [2.75, 3.05) is 13.7 Å². The van der Waals surface area contributed by atoms with Crippen molar-refractivity contribution < 1.29 is 9.47 Å². The van der Waals surface area contributed by atoms with E-state index in [0.717, 1.165) is 15.8 Å². The van der Waals surface area contributed by atoms with Gasteiger partial charge in [0.2, 0.25) is 0 Å². The van der Waals surface area contributed by atoms with Crippen LogP contribution >= 0.6 is 27.3 Å². The fraction of sp³-hybridized carbons (Fsp3) is 0.100. The van der Waals surface area contributed by atoms with Gasteiger partial charge in [-0.3, -0.25) is 0 Å². The molecular formula is C20H13BrN2O2S.